The van der Waals surface area contributed by atoms with Gasteiger partial charge in [0.2, 0.25) is 0 Å². The summed E-state index contributed by atoms with van der Waals surface area (Å²) in [6.07, 6.45) is 0. The maximum Gasteiger partial charge on any atom is 0.193 e. The van der Waals surface area contributed by atoms with Gasteiger partial charge in [0.25, 0.3) is 0 Å². The molecule has 2 aromatic rings. The summed E-state index contributed by atoms with van der Waals surface area (Å²) in [6.45, 7) is 7.29. The number of guanidine groups is 1. The first kappa shape index (κ1) is 20.4. The molecule has 0 saturated heterocycles. The smallest absolute Gasteiger partial charge is 0.193 e. The molecule has 0 aromatic heterocycles. The quantitative estimate of drug-likeness (QED) is 0.409. The lowest BCUT2D eigenvalue weighted by molar-refractivity contribution is -0.0149. The van der Waals surface area contributed by atoms with E-state index in [1.165, 1.54) is 0 Å². The SMILES string of the molecule is CC(C)(C)OCc1cccc(CN=C(N)Nc2ccccc2)c1.I. The molecule has 0 bridgehead atoms. The van der Waals surface area contributed by atoms with Crippen LogP contribution in [0.15, 0.2) is 59.6 Å². The first-order chi connectivity index (χ1) is 10.9. The van der Waals surface area contributed by atoms with Crippen LogP contribution < -0.4 is 11.1 Å². The Morgan fingerprint density at radius 3 is 2.38 bits per heavy atom. The first-order valence-corrected chi connectivity index (χ1v) is 7.76. The summed E-state index contributed by atoms with van der Waals surface area (Å²) in [5, 5.41) is 3.07. The number of aliphatic imine (C=N–C) groups is 1. The lowest BCUT2D eigenvalue weighted by Crippen LogP contribution is -2.22. The number of para-hydroxylation sites is 1. The highest BCUT2D eigenvalue weighted by molar-refractivity contribution is 14.0. The van der Waals surface area contributed by atoms with Crippen molar-refractivity contribution >= 4 is 35.6 Å². The maximum atomic E-state index is 5.92. The van der Waals surface area contributed by atoms with Crippen molar-refractivity contribution in [2.45, 2.75) is 39.5 Å². The van der Waals surface area contributed by atoms with E-state index >= 15 is 0 Å². The van der Waals surface area contributed by atoms with Crippen LogP contribution in [-0.4, -0.2) is 11.6 Å². The number of rotatable bonds is 5. The lowest BCUT2D eigenvalue weighted by Gasteiger charge is -2.19. The summed E-state index contributed by atoms with van der Waals surface area (Å²) in [6, 6.07) is 18.0. The van der Waals surface area contributed by atoms with Crippen LogP contribution in [0.1, 0.15) is 31.9 Å². The number of hydrogen-bond acceptors (Lipinski definition) is 2. The zero-order valence-corrected chi connectivity index (χ0v) is 16.8. The Morgan fingerprint density at radius 2 is 1.71 bits per heavy atom. The van der Waals surface area contributed by atoms with Crippen molar-refractivity contribution < 1.29 is 4.74 Å². The van der Waals surface area contributed by atoms with Crippen LogP contribution in [0.4, 0.5) is 5.69 Å². The number of nitrogens with two attached hydrogens (primary N) is 1. The van der Waals surface area contributed by atoms with Crippen LogP contribution in [-0.2, 0) is 17.9 Å². The second-order valence-corrected chi connectivity index (χ2v) is 6.41. The van der Waals surface area contributed by atoms with Gasteiger partial charge in [-0.15, -0.1) is 24.0 Å². The summed E-state index contributed by atoms with van der Waals surface area (Å²) < 4.78 is 5.80. The molecule has 3 N–H and O–H groups in total. The number of benzene rings is 2. The summed E-state index contributed by atoms with van der Waals surface area (Å²) >= 11 is 0. The number of anilines is 1. The topological polar surface area (TPSA) is 59.6 Å². The molecule has 0 aliphatic rings. The molecule has 0 aliphatic heterocycles. The molecule has 130 valence electrons. The predicted molar refractivity (Wildman–Crippen MR) is 112 cm³/mol. The van der Waals surface area contributed by atoms with Crippen LogP contribution in [0.25, 0.3) is 0 Å². The van der Waals surface area contributed by atoms with Crippen molar-refractivity contribution in [1.82, 2.24) is 0 Å². The van der Waals surface area contributed by atoms with Crippen LogP contribution in [0.3, 0.4) is 0 Å². The Morgan fingerprint density at radius 1 is 1.04 bits per heavy atom. The fraction of sp³-hybridized carbons (Fsp3) is 0.316. The van der Waals surface area contributed by atoms with Gasteiger partial charge in [0, 0.05) is 5.69 Å². The van der Waals surface area contributed by atoms with Crippen molar-refractivity contribution in [2.24, 2.45) is 10.7 Å². The van der Waals surface area contributed by atoms with Gasteiger partial charge in [0.1, 0.15) is 0 Å². The van der Waals surface area contributed by atoms with Crippen molar-refractivity contribution in [3.8, 4) is 0 Å². The van der Waals surface area contributed by atoms with E-state index < -0.39 is 0 Å². The van der Waals surface area contributed by atoms with Crippen LogP contribution in [0.2, 0.25) is 0 Å². The Bertz CT molecular complexity index is 651. The first-order valence-electron chi connectivity index (χ1n) is 7.76. The Kier molecular flexibility index (Phi) is 8.21. The zero-order valence-electron chi connectivity index (χ0n) is 14.5. The van der Waals surface area contributed by atoms with E-state index in [-0.39, 0.29) is 29.6 Å². The number of nitrogens with zero attached hydrogens (tertiary/aromatic N) is 1. The standard InChI is InChI=1S/C19H25N3O.HI/c1-19(2,3)23-14-16-9-7-8-15(12-16)13-21-18(20)22-17-10-5-4-6-11-17;/h4-12H,13-14H2,1-3H3,(H3,20,21,22);1H. The summed E-state index contributed by atoms with van der Waals surface area (Å²) in [4.78, 5) is 4.38. The molecule has 0 heterocycles. The second kappa shape index (κ2) is 9.64. The van der Waals surface area contributed by atoms with Gasteiger partial charge in [-0.3, -0.25) is 0 Å². The third-order valence-electron chi connectivity index (χ3n) is 3.14. The molecule has 2 rings (SSSR count). The average molecular weight is 439 g/mol. The molecule has 0 radical (unpaired) electrons. The normalized spacial score (nSPS) is 11.7. The van der Waals surface area contributed by atoms with Gasteiger partial charge in [0.05, 0.1) is 18.8 Å². The minimum Gasteiger partial charge on any atom is -0.371 e. The fourth-order valence-electron chi connectivity index (χ4n) is 2.00. The third kappa shape index (κ3) is 7.79. The molecular formula is C19H26IN3O. The van der Waals surface area contributed by atoms with Gasteiger partial charge in [0.15, 0.2) is 5.96 Å². The molecule has 5 heteroatoms. The highest BCUT2D eigenvalue weighted by atomic mass is 127. The van der Waals surface area contributed by atoms with E-state index in [1.807, 2.05) is 42.5 Å². The van der Waals surface area contributed by atoms with E-state index in [4.69, 9.17) is 10.5 Å². The van der Waals surface area contributed by atoms with E-state index in [9.17, 15) is 0 Å². The maximum absolute atomic E-state index is 5.92. The summed E-state index contributed by atoms with van der Waals surface area (Å²) in [5.74, 6) is 0.410. The van der Waals surface area contributed by atoms with Gasteiger partial charge in [-0.05, 0) is 44.0 Å². The molecule has 0 atom stereocenters. The molecule has 4 nitrogen and oxygen atoms in total. The van der Waals surface area contributed by atoms with E-state index in [1.54, 1.807) is 0 Å². The molecule has 24 heavy (non-hydrogen) atoms. The molecule has 0 aliphatic carbocycles. The minimum absolute atomic E-state index is 0. The molecule has 0 saturated carbocycles. The monoisotopic (exact) mass is 439 g/mol. The van der Waals surface area contributed by atoms with Crippen LogP contribution in [0.5, 0.6) is 0 Å². The van der Waals surface area contributed by atoms with E-state index in [2.05, 4.69) is 43.2 Å². The molecule has 0 fully saturated rings. The average Bonchev–Trinajstić information content (AvgIpc) is 2.52. The van der Waals surface area contributed by atoms with Gasteiger partial charge >= 0.3 is 0 Å². The van der Waals surface area contributed by atoms with Crippen molar-refractivity contribution in [1.29, 1.82) is 0 Å². The van der Waals surface area contributed by atoms with E-state index in [0.29, 0.717) is 19.1 Å². The molecule has 0 unspecified atom stereocenters. The molecule has 2 aromatic carbocycles. The second-order valence-electron chi connectivity index (χ2n) is 6.41. The van der Waals surface area contributed by atoms with Crippen molar-refractivity contribution in [2.75, 3.05) is 5.32 Å². The third-order valence-corrected chi connectivity index (χ3v) is 3.14. The number of hydrogen-bond donors (Lipinski definition) is 2. The summed E-state index contributed by atoms with van der Waals surface area (Å²) in [7, 11) is 0. The summed E-state index contributed by atoms with van der Waals surface area (Å²) in [5.41, 5.74) is 8.96. The minimum atomic E-state index is -0.141. The number of halogens is 1. The number of nitrogens with one attached hydrogen (secondary N) is 1. The highest BCUT2D eigenvalue weighted by Crippen LogP contribution is 2.13. The van der Waals surface area contributed by atoms with Crippen molar-refractivity contribution in [3.63, 3.8) is 0 Å². The van der Waals surface area contributed by atoms with E-state index in [0.717, 1.165) is 16.8 Å². The Hall–Kier alpha value is -1.60. The van der Waals surface area contributed by atoms with Crippen LogP contribution >= 0.6 is 24.0 Å². The van der Waals surface area contributed by atoms with Crippen LogP contribution in [0, 0.1) is 0 Å². The Balaban J connectivity index is 0.00000288. The molecule has 0 spiro atoms. The molecular weight excluding hydrogens is 413 g/mol. The van der Waals surface area contributed by atoms with Gasteiger partial charge in [-0.25, -0.2) is 4.99 Å². The highest BCUT2D eigenvalue weighted by Gasteiger charge is 2.10. The fourth-order valence-corrected chi connectivity index (χ4v) is 2.00. The van der Waals surface area contributed by atoms with Crippen molar-refractivity contribution in [3.05, 3.63) is 65.7 Å². The molecule has 0 amide bonds. The lowest BCUT2D eigenvalue weighted by atomic mass is 10.1. The predicted octanol–water partition coefficient (Wildman–Crippen LogP) is 4.55. The number of ether oxygens (including phenoxy) is 1. The van der Waals surface area contributed by atoms with Gasteiger partial charge in [-0.1, -0.05) is 42.5 Å². The zero-order chi connectivity index (χ0) is 16.7. The largest absolute Gasteiger partial charge is 0.371 e. The Labute approximate surface area is 161 Å². The van der Waals surface area contributed by atoms with Gasteiger partial charge in [-0.2, -0.15) is 0 Å². The van der Waals surface area contributed by atoms with Gasteiger partial charge < -0.3 is 15.8 Å².